The fourth-order valence-corrected chi connectivity index (χ4v) is 2.57. The van der Waals surface area contributed by atoms with Crippen LogP contribution in [0, 0.1) is 12.7 Å². The van der Waals surface area contributed by atoms with Gasteiger partial charge >= 0.3 is 0 Å². The fourth-order valence-electron chi connectivity index (χ4n) is 2.57. The van der Waals surface area contributed by atoms with Gasteiger partial charge in [0.05, 0.1) is 6.10 Å². The highest BCUT2D eigenvalue weighted by Gasteiger charge is 2.10. The SMILES string of the molecule is CCOC(CCN(C)C)CNC(=NC)NCCc1ccc(F)cc1C. The Balaban J connectivity index is 2.40. The molecule has 5 nitrogen and oxygen atoms in total. The maximum absolute atomic E-state index is 13.1. The van der Waals surface area contributed by atoms with Gasteiger partial charge in [-0.1, -0.05) is 6.07 Å². The average Bonchev–Trinajstić information content (AvgIpc) is 2.57. The molecule has 0 fully saturated rings. The minimum Gasteiger partial charge on any atom is -0.377 e. The molecule has 6 heteroatoms. The predicted molar refractivity (Wildman–Crippen MR) is 103 cm³/mol. The normalized spacial score (nSPS) is 13.2. The van der Waals surface area contributed by atoms with E-state index in [9.17, 15) is 4.39 Å². The lowest BCUT2D eigenvalue weighted by molar-refractivity contribution is 0.0548. The standard InChI is InChI=1S/C19H33FN4O/c1-6-25-18(10-12-24(4)5)14-23-19(21-3)22-11-9-16-7-8-17(20)13-15(16)2/h7-8,13,18H,6,9-12,14H2,1-5H3,(H2,21,22,23). The molecule has 0 aliphatic heterocycles. The summed E-state index contributed by atoms with van der Waals surface area (Å²) < 4.78 is 18.9. The zero-order valence-corrected chi connectivity index (χ0v) is 16.2. The van der Waals surface area contributed by atoms with E-state index < -0.39 is 0 Å². The Morgan fingerprint density at radius 3 is 2.68 bits per heavy atom. The third kappa shape index (κ3) is 8.84. The van der Waals surface area contributed by atoms with Gasteiger partial charge in [0.2, 0.25) is 0 Å². The van der Waals surface area contributed by atoms with E-state index in [2.05, 4.69) is 34.6 Å². The van der Waals surface area contributed by atoms with Crippen LogP contribution in [-0.2, 0) is 11.2 Å². The van der Waals surface area contributed by atoms with Crippen molar-refractivity contribution in [1.29, 1.82) is 0 Å². The van der Waals surface area contributed by atoms with Crippen LogP contribution in [0.25, 0.3) is 0 Å². The molecular formula is C19H33FN4O. The summed E-state index contributed by atoms with van der Waals surface area (Å²) in [6, 6.07) is 4.92. The van der Waals surface area contributed by atoms with Crippen LogP contribution in [0.3, 0.4) is 0 Å². The molecule has 0 spiro atoms. The Hall–Kier alpha value is -1.66. The smallest absolute Gasteiger partial charge is 0.191 e. The molecule has 1 rings (SSSR count). The van der Waals surface area contributed by atoms with Crippen molar-refractivity contribution in [2.45, 2.75) is 32.8 Å². The second-order valence-electron chi connectivity index (χ2n) is 6.37. The first-order chi connectivity index (χ1) is 12.0. The van der Waals surface area contributed by atoms with Gasteiger partial charge in [-0.2, -0.15) is 0 Å². The van der Waals surface area contributed by atoms with E-state index >= 15 is 0 Å². The third-order valence-electron chi connectivity index (χ3n) is 4.01. The summed E-state index contributed by atoms with van der Waals surface area (Å²) in [6.07, 6.45) is 1.95. The highest BCUT2D eigenvalue weighted by Crippen LogP contribution is 2.10. The summed E-state index contributed by atoms with van der Waals surface area (Å²) in [5.74, 6) is 0.570. The lowest BCUT2D eigenvalue weighted by Gasteiger charge is -2.21. The summed E-state index contributed by atoms with van der Waals surface area (Å²) in [7, 11) is 5.89. The van der Waals surface area contributed by atoms with Crippen molar-refractivity contribution in [3.05, 3.63) is 35.1 Å². The van der Waals surface area contributed by atoms with Gasteiger partial charge in [0, 0.05) is 33.3 Å². The number of halogens is 1. The van der Waals surface area contributed by atoms with Gasteiger partial charge in [-0.15, -0.1) is 0 Å². The number of aliphatic imine (C=N–C) groups is 1. The van der Waals surface area contributed by atoms with Crippen molar-refractivity contribution in [3.63, 3.8) is 0 Å². The third-order valence-corrected chi connectivity index (χ3v) is 4.01. The monoisotopic (exact) mass is 352 g/mol. The van der Waals surface area contributed by atoms with Crippen LogP contribution in [0.15, 0.2) is 23.2 Å². The molecule has 1 aromatic rings. The summed E-state index contributed by atoms with van der Waals surface area (Å²) in [4.78, 5) is 6.41. The van der Waals surface area contributed by atoms with E-state index in [4.69, 9.17) is 4.74 Å². The molecule has 1 unspecified atom stereocenters. The molecule has 0 aliphatic rings. The van der Waals surface area contributed by atoms with E-state index in [1.54, 1.807) is 13.1 Å². The van der Waals surface area contributed by atoms with E-state index in [0.29, 0.717) is 6.61 Å². The summed E-state index contributed by atoms with van der Waals surface area (Å²) >= 11 is 0. The second-order valence-corrected chi connectivity index (χ2v) is 6.37. The Kier molecular flexibility index (Phi) is 10.1. The first kappa shape index (κ1) is 21.4. The van der Waals surface area contributed by atoms with Crippen LogP contribution < -0.4 is 10.6 Å². The molecule has 0 saturated carbocycles. The van der Waals surface area contributed by atoms with Gasteiger partial charge < -0.3 is 20.3 Å². The molecule has 0 bridgehead atoms. The van der Waals surface area contributed by atoms with Crippen molar-refractivity contribution in [1.82, 2.24) is 15.5 Å². The fraction of sp³-hybridized carbons (Fsp3) is 0.632. The van der Waals surface area contributed by atoms with Crippen LogP contribution in [0.2, 0.25) is 0 Å². The molecular weight excluding hydrogens is 319 g/mol. The highest BCUT2D eigenvalue weighted by molar-refractivity contribution is 5.79. The van der Waals surface area contributed by atoms with Crippen molar-refractivity contribution in [2.75, 3.05) is 47.4 Å². The summed E-state index contributed by atoms with van der Waals surface area (Å²) in [6.45, 7) is 7.10. The zero-order valence-electron chi connectivity index (χ0n) is 16.2. The molecule has 1 aromatic carbocycles. The highest BCUT2D eigenvalue weighted by atomic mass is 19.1. The number of nitrogens with zero attached hydrogens (tertiary/aromatic N) is 2. The molecule has 0 aromatic heterocycles. The van der Waals surface area contributed by atoms with Gasteiger partial charge in [-0.3, -0.25) is 4.99 Å². The van der Waals surface area contributed by atoms with E-state index in [-0.39, 0.29) is 11.9 Å². The maximum Gasteiger partial charge on any atom is 0.191 e. The van der Waals surface area contributed by atoms with E-state index in [1.165, 1.54) is 6.07 Å². The van der Waals surface area contributed by atoms with E-state index in [0.717, 1.165) is 49.6 Å². The minimum atomic E-state index is -0.189. The Bertz CT molecular complexity index is 534. The van der Waals surface area contributed by atoms with Crippen molar-refractivity contribution < 1.29 is 9.13 Å². The first-order valence-electron chi connectivity index (χ1n) is 8.92. The number of aryl methyl sites for hydroxylation is 1. The van der Waals surface area contributed by atoms with Crippen LogP contribution in [0.4, 0.5) is 4.39 Å². The van der Waals surface area contributed by atoms with E-state index in [1.807, 2.05) is 19.9 Å². The summed E-state index contributed by atoms with van der Waals surface area (Å²) in [5, 5.41) is 6.62. The maximum atomic E-state index is 13.1. The molecule has 0 saturated heterocycles. The summed E-state index contributed by atoms with van der Waals surface area (Å²) in [5.41, 5.74) is 2.12. The van der Waals surface area contributed by atoms with Crippen molar-refractivity contribution in [2.24, 2.45) is 4.99 Å². The van der Waals surface area contributed by atoms with Gasteiger partial charge in [-0.25, -0.2) is 4.39 Å². The number of guanidine groups is 1. The topological polar surface area (TPSA) is 48.9 Å². The molecule has 142 valence electrons. The molecule has 2 N–H and O–H groups in total. The molecule has 25 heavy (non-hydrogen) atoms. The van der Waals surface area contributed by atoms with Crippen LogP contribution >= 0.6 is 0 Å². The quantitative estimate of drug-likeness (QED) is 0.501. The van der Waals surface area contributed by atoms with Crippen LogP contribution in [0.5, 0.6) is 0 Å². The number of ether oxygens (including phenoxy) is 1. The lowest BCUT2D eigenvalue weighted by Crippen LogP contribution is -2.43. The number of hydrogen-bond acceptors (Lipinski definition) is 3. The molecule has 1 atom stereocenters. The minimum absolute atomic E-state index is 0.158. The Labute approximate surface area is 151 Å². The second kappa shape index (κ2) is 11.8. The van der Waals surface area contributed by atoms with Crippen molar-refractivity contribution >= 4 is 5.96 Å². The van der Waals surface area contributed by atoms with Gasteiger partial charge in [-0.05, 0) is 64.0 Å². The lowest BCUT2D eigenvalue weighted by atomic mass is 10.1. The molecule has 0 amide bonds. The van der Waals surface area contributed by atoms with Gasteiger partial charge in [0.25, 0.3) is 0 Å². The predicted octanol–water partition coefficient (Wildman–Crippen LogP) is 2.20. The Morgan fingerprint density at radius 2 is 2.08 bits per heavy atom. The van der Waals surface area contributed by atoms with Crippen LogP contribution in [0.1, 0.15) is 24.5 Å². The Morgan fingerprint density at radius 1 is 1.32 bits per heavy atom. The first-order valence-corrected chi connectivity index (χ1v) is 8.92. The number of nitrogens with one attached hydrogen (secondary N) is 2. The molecule has 0 heterocycles. The average molecular weight is 352 g/mol. The molecule has 0 radical (unpaired) electrons. The molecule has 0 aliphatic carbocycles. The van der Waals surface area contributed by atoms with Gasteiger partial charge in [0.15, 0.2) is 5.96 Å². The number of rotatable bonds is 10. The number of benzene rings is 1. The van der Waals surface area contributed by atoms with Crippen molar-refractivity contribution in [3.8, 4) is 0 Å². The zero-order chi connectivity index (χ0) is 18.7. The van der Waals surface area contributed by atoms with Gasteiger partial charge in [0.1, 0.15) is 5.82 Å². The van der Waals surface area contributed by atoms with Crippen LogP contribution in [-0.4, -0.2) is 64.3 Å². The number of hydrogen-bond donors (Lipinski definition) is 2. The largest absolute Gasteiger partial charge is 0.377 e.